The molecule has 0 aromatic rings. The molecular weight excluding hydrogens is 92.1 g/mol. The van der Waals surface area contributed by atoms with Crippen molar-refractivity contribution in [1.29, 1.82) is 0 Å². The second-order valence-corrected chi connectivity index (χ2v) is 1.65. The fraction of sp³-hybridized carbons (Fsp3) is 1.00. The van der Waals surface area contributed by atoms with Crippen LogP contribution >= 0.6 is 0 Å². The van der Waals surface area contributed by atoms with E-state index >= 15 is 0 Å². The molecule has 0 saturated heterocycles. The molecule has 0 aliphatic heterocycles. The molecule has 6 heavy (non-hydrogen) atoms. The number of hydrogen-bond donors (Lipinski definition) is 0. The van der Waals surface area contributed by atoms with E-state index in [0.717, 1.165) is 0 Å². The highest BCUT2D eigenvalue weighted by Crippen LogP contribution is 1.81. The van der Waals surface area contributed by atoms with Crippen LogP contribution in [0.1, 0.15) is 13.8 Å². The third-order valence-electron chi connectivity index (χ3n) is 0.417. The number of rotatable bonds is 2. The van der Waals surface area contributed by atoms with Crippen molar-refractivity contribution in [2.24, 2.45) is 0 Å². The Morgan fingerprint density at radius 1 is 1.67 bits per heavy atom. The van der Waals surface area contributed by atoms with Gasteiger partial charge in [0.05, 0.1) is 16.3 Å². The van der Waals surface area contributed by atoms with E-state index in [1.807, 2.05) is 13.8 Å². The largest absolute Gasteiger partial charge is 0.383 e. The van der Waals surface area contributed by atoms with Crippen LogP contribution in [0.3, 0.4) is 0 Å². The highest BCUT2D eigenvalue weighted by Gasteiger charge is 1.83. The van der Waals surface area contributed by atoms with Gasteiger partial charge in [-0.05, 0) is 13.8 Å². The molecule has 0 heterocycles. The summed E-state index contributed by atoms with van der Waals surface area (Å²) in [4.78, 5) is 0. The summed E-state index contributed by atoms with van der Waals surface area (Å²) in [6.45, 7) is 4.00. The van der Waals surface area contributed by atoms with E-state index < -0.39 is 0 Å². The normalized spacial score (nSPS) is 10.0. The van der Waals surface area contributed by atoms with Gasteiger partial charge in [-0.3, -0.25) is 0 Å². The van der Waals surface area contributed by atoms with Crippen LogP contribution in [-0.2, 0) is 4.74 Å². The molecule has 0 bridgehead atoms. The molecule has 0 spiro atoms. The van der Waals surface area contributed by atoms with E-state index in [1.165, 1.54) is 0 Å². The zero-order chi connectivity index (χ0) is 4.99. The molecule has 2 heteroatoms. The molecule has 0 aliphatic carbocycles. The Morgan fingerprint density at radius 2 is 2.17 bits per heavy atom. The topological polar surface area (TPSA) is 9.23 Å². The van der Waals surface area contributed by atoms with Gasteiger partial charge < -0.3 is 4.74 Å². The minimum absolute atomic E-state index is 0.350. The maximum atomic E-state index is 4.96. The molecule has 35 valence electrons. The van der Waals surface area contributed by atoms with Crippen molar-refractivity contribution < 1.29 is 4.74 Å². The molecule has 0 aromatic heterocycles. The lowest BCUT2D eigenvalue weighted by Crippen LogP contribution is -2.02. The Morgan fingerprint density at radius 3 is 2.17 bits per heavy atom. The summed E-state index contributed by atoms with van der Waals surface area (Å²) in [5, 5.41) is 0. The molecule has 0 saturated carbocycles. The third-order valence-corrected chi connectivity index (χ3v) is 0.583. The first kappa shape index (κ1) is 6.18. The standard InChI is InChI=1S/C4H9OSi/c1-4(2)5-3-6/h4H,3H2,1-2H3. The Bertz CT molecular complexity index is 28.7. The summed E-state index contributed by atoms with van der Waals surface area (Å²) in [5.74, 6) is 0. The lowest BCUT2D eigenvalue weighted by Gasteiger charge is -2.00. The Labute approximate surface area is 42.1 Å². The molecule has 0 atom stereocenters. The second-order valence-electron chi connectivity index (χ2n) is 1.36. The molecule has 0 aliphatic rings. The highest BCUT2D eigenvalue weighted by atomic mass is 28.1. The predicted molar refractivity (Wildman–Crippen MR) is 26.8 cm³/mol. The van der Waals surface area contributed by atoms with Crippen molar-refractivity contribution in [3.05, 3.63) is 0 Å². The van der Waals surface area contributed by atoms with Crippen LogP contribution in [-0.4, -0.2) is 22.6 Å². The van der Waals surface area contributed by atoms with Gasteiger partial charge >= 0.3 is 0 Å². The van der Waals surface area contributed by atoms with Crippen LogP contribution in [0.4, 0.5) is 0 Å². The van der Waals surface area contributed by atoms with E-state index in [-0.39, 0.29) is 0 Å². The fourth-order valence-electron chi connectivity index (χ4n) is 0.167. The van der Waals surface area contributed by atoms with Crippen LogP contribution in [0.15, 0.2) is 0 Å². The number of ether oxygens (including phenoxy) is 1. The zero-order valence-electron chi connectivity index (χ0n) is 4.19. The van der Waals surface area contributed by atoms with Gasteiger partial charge in [0.15, 0.2) is 0 Å². The van der Waals surface area contributed by atoms with E-state index in [2.05, 4.69) is 10.2 Å². The van der Waals surface area contributed by atoms with Crippen LogP contribution in [0.2, 0.25) is 0 Å². The average molecular weight is 101 g/mol. The lowest BCUT2D eigenvalue weighted by molar-refractivity contribution is 0.117. The van der Waals surface area contributed by atoms with Gasteiger partial charge in [0.2, 0.25) is 0 Å². The first-order valence-electron chi connectivity index (χ1n) is 2.03. The van der Waals surface area contributed by atoms with Gasteiger partial charge in [-0.2, -0.15) is 0 Å². The third kappa shape index (κ3) is 4.18. The maximum Gasteiger partial charge on any atom is 0.0609 e. The molecule has 0 rings (SSSR count). The molecule has 0 amide bonds. The summed E-state index contributed by atoms with van der Waals surface area (Å²) in [6.07, 6.45) is 0.986. The predicted octanol–water partition coefficient (Wildman–Crippen LogP) is 0.537. The molecule has 1 nitrogen and oxygen atoms in total. The van der Waals surface area contributed by atoms with Gasteiger partial charge in [0, 0.05) is 6.23 Å². The first-order chi connectivity index (χ1) is 2.77. The van der Waals surface area contributed by atoms with E-state index in [0.29, 0.717) is 12.3 Å². The Kier molecular flexibility index (Phi) is 3.47. The summed E-state index contributed by atoms with van der Waals surface area (Å²) in [5.41, 5.74) is 0. The molecule has 0 unspecified atom stereocenters. The van der Waals surface area contributed by atoms with Gasteiger partial charge in [-0.1, -0.05) is 0 Å². The Balaban J connectivity index is 2.63. The molecule has 0 aromatic carbocycles. The quantitative estimate of drug-likeness (QED) is 0.461. The van der Waals surface area contributed by atoms with Gasteiger partial charge in [-0.15, -0.1) is 0 Å². The second kappa shape index (κ2) is 3.37. The smallest absolute Gasteiger partial charge is 0.0609 e. The van der Waals surface area contributed by atoms with Crippen molar-refractivity contribution in [3.63, 3.8) is 0 Å². The van der Waals surface area contributed by atoms with Gasteiger partial charge in [0.1, 0.15) is 0 Å². The number of hydrogen-bond acceptors (Lipinski definition) is 1. The average Bonchev–Trinajstić information content (AvgIpc) is 1.35. The van der Waals surface area contributed by atoms with E-state index in [1.54, 1.807) is 0 Å². The van der Waals surface area contributed by atoms with E-state index in [4.69, 9.17) is 4.74 Å². The van der Waals surface area contributed by atoms with Crippen LogP contribution in [0, 0.1) is 0 Å². The molecule has 0 fully saturated rings. The van der Waals surface area contributed by atoms with Gasteiger partial charge in [-0.25, -0.2) is 0 Å². The SMILES string of the molecule is CC(C)OC[Si]. The molecular formula is C4H9OSi. The zero-order valence-corrected chi connectivity index (χ0v) is 5.19. The van der Waals surface area contributed by atoms with Crippen molar-refractivity contribution in [1.82, 2.24) is 0 Å². The monoisotopic (exact) mass is 101 g/mol. The fourth-order valence-corrected chi connectivity index (χ4v) is 0.500. The maximum absolute atomic E-state index is 4.96. The van der Waals surface area contributed by atoms with Gasteiger partial charge in [0.25, 0.3) is 0 Å². The van der Waals surface area contributed by atoms with Crippen LogP contribution < -0.4 is 0 Å². The molecule has 3 radical (unpaired) electrons. The first-order valence-corrected chi connectivity index (χ1v) is 2.74. The summed E-state index contributed by atoms with van der Waals surface area (Å²) >= 11 is 0. The minimum Gasteiger partial charge on any atom is -0.383 e. The summed E-state index contributed by atoms with van der Waals surface area (Å²) in [7, 11) is 3.17. The van der Waals surface area contributed by atoms with Crippen molar-refractivity contribution in [3.8, 4) is 0 Å². The van der Waals surface area contributed by atoms with E-state index in [9.17, 15) is 0 Å². The summed E-state index contributed by atoms with van der Waals surface area (Å²) < 4.78 is 4.96. The van der Waals surface area contributed by atoms with Crippen LogP contribution in [0.5, 0.6) is 0 Å². The van der Waals surface area contributed by atoms with Crippen molar-refractivity contribution in [2.75, 3.05) is 6.23 Å². The Hall–Kier alpha value is 0.177. The van der Waals surface area contributed by atoms with Crippen molar-refractivity contribution >= 4 is 10.2 Å². The van der Waals surface area contributed by atoms with Crippen LogP contribution in [0.25, 0.3) is 0 Å². The van der Waals surface area contributed by atoms with Crippen molar-refractivity contribution in [2.45, 2.75) is 20.0 Å². The summed E-state index contributed by atoms with van der Waals surface area (Å²) in [6, 6.07) is 0. The highest BCUT2D eigenvalue weighted by molar-refractivity contribution is 6.08. The molecule has 0 N–H and O–H groups in total. The minimum atomic E-state index is 0.350. The lowest BCUT2D eigenvalue weighted by atomic mass is 10.5.